The fourth-order valence-electron chi connectivity index (χ4n) is 2.94. The van der Waals surface area contributed by atoms with Crippen molar-refractivity contribution in [3.05, 3.63) is 64.1 Å². The molecule has 1 aliphatic rings. The minimum Gasteiger partial charge on any atom is -0.490 e. The largest absolute Gasteiger partial charge is 0.490 e. The Kier molecular flexibility index (Phi) is 4.61. The van der Waals surface area contributed by atoms with Crippen molar-refractivity contribution in [3.63, 3.8) is 0 Å². The fraction of sp³-hybridized carbons (Fsp3) is 0.333. The first-order valence-corrected chi connectivity index (χ1v) is 8.23. The Bertz CT molecular complexity index is 599. The molecule has 2 aromatic carbocycles. The van der Waals surface area contributed by atoms with Gasteiger partial charge in [0.25, 0.3) is 0 Å². The summed E-state index contributed by atoms with van der Waals surface area (Å²) in [5.74, 6) is 1.02. The van der Waals surface area contributed by atoms with Crippen molar-refractivity contribution in [2.45, 2.75) is 31.4 Å². The molecule has 0 spiro atoms. The van der Waals surface area contributed by atoms with Gasteiger partial charge in [0.05, 0.1) is 0 Å². The number of hydrogen-bond acceptors (Lipinski definition) is 2. The van der Waals surface area contributed by atoms with Gasteiger partial charge >= 0.3 is 0 Å². The normalized spacial score (nSPS) is 20.7. The summed E-state index contributed by atoms with van der Waals surface area (Å²) in [5.41, 5.74) is 2.63. The van der Waals surface area contributed by atoms with E-state index in [2.05, 4.69) is 63.7 Å². The Hall–Kier alpha value is -1.32. The van der Waals surface area contributed by atoms with Crippen molar-refractivity contribution in [3.8, 4) is 5.75 Å². The highest BCUT2D eigenvalue weighted by Gasteiger charge is 2.27. The molecule has 1 N–H and O–H groups in total. The summed E-state index contributed by atoms with van der Waals surface area (Å²) >= 11 is 3.54. The molecular formula is C18H20BrNO. The zero-order valence-electron chi connectivity index (χ0n) is 12.2. The third kappa shape index (κ3) is 3.47. The van der Waals surface area contributed by atoms with Crippen molar-refractivity contribution >= 4 is 15.9 Å². The van der Waals surface area contributed by atoms with Gasteiger partial charge in [-0.25, -0.2) is 0 Å². The summed E-state index contributed by atoms with van der Waals surface area (Å²) in [6.07, 6.45) is 3.41. The van der Waals surface area contributed by atoms with Gasteiger partial charge < -0.3 is 10.1 Å². The second kappa shape index (κ2) is 6.63. The molecule has 0 fully saturated rings. The number of aryl methyl sites for hydroxylation is 1. The SMILES string of the molecule is CNC1CC(CCc2ccccc2)Oc2ccc(Br)cc21. The van der Waals surface area contributed by atoms with Crippen molar-refractivity contribution in [2.75, 3.05) is 7.05 Å². The maximum Gasteiger partial charge on any atom is 0.124 e. The van der Waals surface area contributed by atoms with Gasteiger partial charge in [-0.2, -0.15) is 0 Å². The smallest absolute Gasteiger partial charge is 0.124 e. The topological polar surface area (TPSA) is 21.3 Å². The first kappa shape index (κ1) is 14.6. The van der Waals surface area contributed by atoms with Crippen LogP contribution in [0, 0.1) is 0 Å². The predicted octanol–water partition coefficient (Wildman–Crippen LogP) is 4.49. The number of nitrogens with one attached hydrogen (secondary N) is 1. The van der Waals surface area contributed by atoms with Crippen LogP contribution >= 0.6 is 15.9 Å². The van der Waals surface area contributed by atoms with E-state index in [1.807, 2.05) is 13.1 Å². The molecule has 3 heteroatoms. The second-order valence-electron chi connectivity index (χ2n) is 5.52. The summed E-state index contributed by atoms with van der Waals surface area (Å²) in [5, 5.41) is 3.41. The molecule has 0 saturated carbocycles. The average molecular weight is 346 g/mol. The fourth-order valence-corrected chi connectivity index (χ4v) is 3.32. The Morgan fingerprint density at radius 3 is 2.76 bits per heavy atom. The quantitative estimate of drug-likeness (QED) is 0.881. The third-order valence-electron chi connectivity index (χ3n) is 4.09. The highest BCUT2D eigenvalue weighted by atomic mass is 79.9. The van der Waals surface area contributed by atoms with Crippen LogP contribution in [-0.2, 0) is 6.42 Å². The van der Waals surface area contributed by atoms with Crippen molar-refractivity contribution in [2.24, 2.45) is 0 Å². The second-order valence-corrected chi connectivity index (χ2v) is 6.44. The van der Waals surface area contributed by atoms with Gasteiger partial charge in [-0.1, -0.05) is 46.3 Å². The summed E-state index contributed by atoms with van der Waals surface area (Å²) < 4.78 is 7.28. The maximum absolute atomic E-state index is 6.18. The lowest BCUT2D eigenvalue weighted by molar-refractivity contribution is 0.143. The van der Waals surface area contributed by atoms with Crippen LogP contribution in [-0.4, -0.2) is 13.2 Å². The first-order chi connectivity index (χ1) is 10.3. The van der Waals surface area contributed by atoms with Gasteiger partial charge in [-0.05, 0) is 43.7 Å². The van der Waals surface area contributed by atoms with Crippen LogP contribution < -0.4 is 10.1 Å². The van der Waals surface area contributed by atoms with Crippen LogP contribution in [0.15, 0.2) is 53.0 Å². The molecule has 21 heavy (non-hydrogen) atoms. The van der Waals surface area contributed by atoms with Crippen LogP contribution in [0.5, 0.6) is 5.75 Å². The average Bonchev–Trinajstić information content (AvgIpc) is 2.53. The molecule has 1 heterocycles. The number of ether oxygens (including phenoxy) is 1. The Balaban J connectivity index is 1.70. The summed E-state index contributed by atoms with van der Waals surface area (Å²) in [6.45, 7) is 0. The zero-order valence-corrected chi connectivity index (χ0v) is 13.8. The lowest BCUT2D eigenvalue weighted by atomic mass is 9.93. The predicted molar refractivity (Wildman–Crippen MR) is 89.7 cm³/mol. The summed E-state index contributed by atoms with van der Waals surface area (Å²) in [7, 11) is 2.02. The van der Waals surface area contributed by atoms with E-state index in [1.54, 1.807) is 0 Å². The van der Waals surface area contributed by atoms with E-state index < -0.39 is 0 Å². The van der Waals surface area contributed by atoms with Gasteiger partial charge in [-0.3, -0.25) is 0 Å². The number of fused-ring (bicyclic) bond motifs is 1. The van der Waals surface area contributed by atoms with Crippen LogP contribution in [0.4, 0.5) is 0 Å². The van der Waals surface area contributed by atoms with E-state index in [0.717, 1.165) is 29.5 Å². The number of hydrogen-bond donors (Lipinski definition) is 1. The number of halogens is 1. The molecule has 2 aromatic rings. The summed E-state index contributed by atoms with van der Waals surface area (Å²) in [4.78, 5) is 0. The number of benzene rings is 2. The van der Waals surface area contributed by atoms with Gasteiger partial charge in [0.15, 0.2) is 0 Å². The van der Waals surface area contributed by atoms with E-state index in [4.69, 9.17) is 4.74 Å². The van der Waals surface area contributed by atoms with Crippen LogP contribution in [0.1, 0.15) is 30.0 Å². The van der Waals surface area contributed by atoms with Crippen LogP contribution in [0.3, 0.4) is 0 Å². The molecule has 2 unspecified atom stereocenters. The third-order valence-corrected chi connectivity index (χ3v) is 4.58. The molecule has 3 rings (SSSR count). The molecule has 0 aliphatic carbocycles. The van der Waals surface area contributed by atoms with Gasteiger partial charge in [0, 0.05) is 22.5 Å². The minimum atomic E-state index is 0.274. The molecular weight excluding hydrogens is 326 g/mol. The number of rotatable bonds is 4. The Morgan fingerprint density at radius 2 is 2.00 bits per heavy atom. The molecule has 2 atom stereocenters. The standard InChI is InChI=1S/C18H20BrNO/c1-20-17-12-15(9-7-13-5-3-2-4-6-13)21-18-10-8-14(19)11-16(17)18/h2-6,8,10-11,15,17,20H,7,9,12H2,1H3. The van der Waals surface area contributed by atoms with E-state index >= 15 is 0 Å². The van der Waals surface area contributed by atoms with E-state index in [0.29, 0.717) is 6.04 Å². The highest BCUT2D eigenvalue weighted by Crippen LogP contribution is 2.37. The van der Waals surface area contributed by atoms with Crippen LogP contribution in [0.25, 0.3) is 0 Å². The van der Waals surface area contributed by atoms with Crippen molar-refractivity contribution in [1.82, 2.24) is 5.32 Å². The molecule has 110 valence electrons. The van der Waals surface area contributed by atoms with Gasteiger partial charge in [0.1, 0.15) is 11.9 Å². The molecule has 0 aromatic heterocycles. The molecule has 0 bridgehead atoms. The Morgan fingerprint density at radius 1 is 1.19 bits per heavy atom. The minimum absolute atomic E-state index is 0.274. The monoisotopic (exact) mass is 345 g/mol. The van der Waals surface area contributed by atoms with E-state index in [9.17, 15) is 0 Å². The summed E-state index contributed by atoms with van der Waals surface area (Å²) in [6, 6.07) is 17.3. The molecule has 0 saturated heterocycles. The first-order valence-electron chi connectivity index (χ1n) is 7.43. The molecule has 1 aliphatic heterocycles. The van der Waals surface area contributed by atoms with Crippen LogP contribution in [0.2, 0.25) is 0 Å². The molecule has 2 nitrogen and oxygen atoms in total. The van der Waals surface area contributed by atoms with E-state index in [1.165, 1.54) is 11.1 Å². The van der Waals surface area contributed by atoms with Crippen molar-refractivity contribution < 1.29 is 4.74 Å². The van der Waals surface area contributed by atoms with Gasteiger partial charge in [-0.15, -0.1) is 0 Å². The van der Waals surface area contributed by atoms with Crippen molar-refractivity contribution in [1.29, 1.82) is 0 Å². The molecule has 0 amide bonds. The zero-order chi connectivity index (χ0) is 14.7. The van der Waals surface area contributed by atoms with E-state index in [-0.39, 0.29) is 6.10 Å². The van der Waals surface area contributed by atoms with Gasteiger partial charge in [0.2, 0.25) is 0 Å². The highest BCUT2D eigenvalue weighted by molar-refractivity contribution is 9.10. The lowest BCUT2D eigenvalue weighted by Gasteiger charge is -2.32. The molecule has 0 radical (unpaired) electrons. The lowest BCUT2D eigenvalue weighted by Crippen LogP contribution is -2.31. The Labute approximate surface area is 134 Å². The maximum atomic E-state index is 6.18.